The van der Waals surface area contributed by atoms with Crippen LogP contribution < -0.4 is 11.1 Å². The van der Waals surface area contributed by atoms with Gasteiger partial charge < -0.3 is 11.1 Å². The lowest BCUT2D eigenvalue weighted by atomic mass is 9.89. The minimum absolute atomic E-state index is 0.0870. The van der Waals surface area contributed by atoms with E-state index in [9.17, 15) is 4.79 Å². The summed E-state index contributed by atoms with van der Waals surface area (Å²) in [6.45, 7) is 0.748. The van der Waals surface area contributed by atoms with Crippen molar-refractivity contribution in [1.82, 2.24) is 15.5 Å². The highest BCUT2D eigenvalue weighted by atomic mass is 32.1. The highest BCUT2D eigenvalue weighted by Gasteiger charge is 2.19. The fourth-order valence-electron chi connectivity index (χ4n) is 2.75. The van der Waals surface area contributed by atoms with Crippen LogP contribution in [0.1, 0.15) is 41.8 Å². The number of thiophene rings is 1. The zero-order valence-corrected chi connectivity index (χ0v) is 12.1. The van der Waals surface area contributed by atoms with E-state index in [0.717, 1.165) is 11.9 Å². The summed E-state index contributed by atoms with van der Waals surface area (Å²) in [4.78, 5) is 13.5. The number of nitrogens with two attached hydrogens (primary N) is 1. The van der Waals surface area contributed by atoms with Crippen LogP contribution in [0.2, 0.25) is 0 Å². The molecule has 3 rings (SSSR count). The Kier molecular flexibility index (Phi) is 3.82. The summed E-state index contributed by atoms with van der Waals surface area (Å²) in [6, 6.07) is 1.80. The second-order valence-electron chi connectivity index (χ2n) is 5.31. The summed E-state index contributed by atoms with van der Waals surface area (Å²) in [5.74, 6) is 0.527. The van der Waals surface area contributed by atoms with Gasteiger partial charge in [0, 0.05) is 11.9 Å². The Morgan fingerprint density at radius 1 is 1.40 bits per heavy atom. The van der Waals surface area contributed by atoms with Crippen LogP contribution >= 0.6 is 11.3 Å². The molecule has 2 aromatic rings. The summed E-state index contributed by atoms with van der Waals surface area (Å²) in [5.41, 5.74) is 6.55. The fourth-order valence-corrected chi connectivity index (χ4v) is 3.70. The second kappa shape index (κ2) is 5.75. The Labute approximate surface area is 121 Å². The molecule has 0 unspecified atom stereocenters. The van der Waals surface area contributed by atoms with Gasteiger partial charge in [-0.25, -0.2) is 0 Å². The molecule has 0 atom stereocenters. The van der Waals surface area contributed by atoms with Crippen LogP contribution in [-0.2, 0) is 0 Å². The van der Waals surface area contributed by atoms with Crippen LogP contribution in [0.4, 0.5) is 5.69 Å². The van der Waals surface area contributed by atoms with Crippen molar-refractivity contribution in [3.05, 3.63) is 17.1 Å². The number of nitrogens with one attached hydrogen (secondary N) is 1. The number of hydrogen-bond acceptors (Lipinski definition) is 5. The highest BCUT2D eigenvalue weighted by Crippen LogP contribution is 2.31. The van der Waals surface area contributed by atoms with Gasteiger partial charge in [0.1, 0.15) is 9.71 Å². The SMILES string of the molecule is Nc1c(C(=O)NCC2CCCCC2)sc2nnccc12. The molecule has 1 aliphatic carbocycles. The van der Waals surface area contributed by atoms with E-state index >= 15 is 0 Å². The molecule has 0 radical (unpaired) electrons. The maximum Gasteiger partial charge on any atom is 0.263 e. The third-order valence-corrected chi connectivity index (χ3v) is 5.01. The molecule has 0 saturated heterocycles. The zero-order chi connectivity index (χ0) is 13.9. The van der Waals surface area contributed by atoms with Gasteiger partial charge in [-0.1, -0.05) is 19.3 Å². The second-order valence-corrected chi connectivity index (χ2v) is 6.31. The van der Waals surface area contributed by atoms with Crippen molar-refractivity contribution in [3.8, 4) is 0 Å². The van der Waals surface area contributed by atoms with Gasteiger partial charge in [0.2, 0.25) is 0 Å². The molecule has 20 heavy (non-hydrogen) atoms. The minimum Gasteiger partial charge on any atom is -0.397 e. The Hall–Kier alpha value is -1.69. The largest absolute Gasteiger partial charge is 0.397 e. The van der Waals surface area contributed by atoms with Crippen LogP contribution in [0.15, 0.2) is 12.3 Å². The Morgan fingerprint density at radius 2 is 2.20 bits per heavy atom. The van der Waals surface area contributed by atoms with E-state index in [1.54, 1.807) is 12.3 Å². The molecule has 2 heterocycles. The summed E-state index contributed by atoms with van der Waals surface area (Å²) in [6.07, 6.45) is 7.91. The number of aromatic nitrogens is 2. The van der Waals surface area contributed by atoms with Crippen molar-refractivity contribution in [1.29, 1.82) is 0 Å². The van der Waals surface area contributed by atoms with E-state index in [4.69, 9.17) is 5.73 Å². The maximum atomic E-state index is 12.2. The van der Waals surface area contributed by atoms with Gasteiger partial charge in [-0.3, -0.25) is 4.79 Å². The van der Waals surface area contributed by atoms with Gasteiger partial charge in [-0.15, -0.1) is 16.4 Å². The minimum atomic E-state index is -0.0870. The Bertz CT molecular complexity index is 619. The lowest BCUT2D eigenvalue weighted by molar-refractivity contribution is 0.0948. The standard InChI is InChI=1S/C14H18N4OS/c15-11-10-6-7-17-18-14(10)20-12(11)13(19)16-8-9-4-2-1-3-5-9/h6-7,9H,1-5,8,15H2,(H,16,19). The number of carbonyl (C=O) groups is 1. The number of nitrogen functional groups attached to an aromatic ring is 1. The third kappa shape index (κ3) is 2.60. The van der Waals surface area contributed by atoms with Gasteiger partial charge in [-0.05, 0) is 24.8 Å². The quantitative estimate of drug-likeness (QED) is 0.910. The number of anilines is 1. The normalized spacial score (nSPS) is 16.4. The van der Waals surface area contributed by atoms with E-state index in [0.29, 0.717) is 21.3 Å². The first-order valence-electron chi connectivity index (χ1n) is 7.03. The number of nitrogens with zero attached hydrogens (tertiary/aromatic N) is 2. The number of amides is 1. The van der Waals surface area contributed by atoms with E-state index in [1.165, 1.54) is 43.4 Å². The number of rotatable bonds is 3. The predicted octanol–water partition coefficient (Wildman–Crippen LogP) is 2.58. The first-order chi connectivity index (χ1) is 9.75. The number of fused-ring (bicyclic) bond motifs is 1. The smallest absolute Gasteiger partial charge is 0.263 e. The van der Waals surface area contributed by atoms with Crippen molar-refractivity contribution < 1.29 is 4.79 Å². The van der Waals surface area contributed by atoms with Gasteiger partial charge in [0.15, 0.2) is 0 Å². The van der Waals surface area contributed by atoms with Gasteiger partial charge >= 0.3 is 0 Å². The summed E-state index contributed by atoms with van der Waals surface area (Å²) in [5, 5.41) is 11.6. The molecule has 0 spiro atoms. The highest BCUT2D eigenvalue weighted by molar-refractivity contribution is 7.21. The molecule has 106 valence electrons. The average molecular weight is 290 g/mol. The molecule has 1 fully saturated rings. The Morgan fingerprint density at radius 3 is 2.95 bits per heavy atom. The molecule has 1 saturated carbocycles. The van der Waals surface area contributed by atoms with E-state index in [-0.39, 0.29) is 5.91 Å². The molecule has 2 aromatic heterocycles. The monoisotopic (exact) mass is 290 g/mol. The van der Waals surface area contributed by atoms with Crippen molar-refractivity contribution in [2.45, 2.75) is 32.1 Å². The molecule has 6 heteroatoms. The predicted molar refractivity (Wildman–Crippen MR) is 80.7 cm³/mol. The topological polar surface area (TPSA) is 80.9 Å². The van der Waals surface area contributed by atoms with Gasteiger partial charge in [0.05, 0.1) is 11.9 Å². The van der Waals surface area contributed by atoms with Gasteiger partial charge in [0.25, 0.3) is 5.91 Å². The fraction of sp³-hybridized carbons (Fsp3) is 0.500. The first kappa shape index (κ1) is 13.3. The van der Waals surface area contributed by atoms with Crippen LogP contribution in [0.3, 0.4) is 0 Å². The summed E-state index contributed by atoms with van der Waals surface area (Å²) < 4.78 is 0. The summed E-state index contributed by atoms with van der Waals surface area (Å²) >= 11 is 1.31. The van der Waals surface area contributed by atoms with Crippen LogP contribution in [0, 0.1) is 5.92 Å². The summed E-state index contributed by atoms with van der Waals surface area (Å²) in [7, 11) is 0. The molecule has 1 aliphatic rings. The van der Waals surface area contributed by atoms with E-state index < -0.39 is 0 Å². The van der Waals surface area contributed by atoms with Crippen molar-refractivity contribution >= 4 is 33.1 Å². The first-order valence-corrected chi connectivity index (χ1v) is 7.85. The molecule has 0 bridgehead atoms. The molecule has 1 amide bonds. The van der Waals surface area contributed by atoms with E-state index in [2.05, 4.69) is 15.5 Å². The molecule has 0 aromatic carbocycles. The van der Waals surface area contributed by atoms with Crippen LogP contribution in [0.25, 0.3) is 10.2 Å². The Balaban J connectivity index is 1.70. The number of hydrogen-bond donors (Lipinski definition) is 2. The molecular formula is C14H18N4OS. The molecule has 3 N–H and O–H groups in total. The average Bonchev–Trinajstić information content (AvgIpc) is 2.84. The van der Waals surface area contributed by atoms with Crippen molar-refractivity contribution in [2.24, 2.45) is 5.92 Å². The third-order valence-electron chi connectivity index (χ3n) is 3.90. The van der Waals surface area contributed by atoms with Crippen molar-refractivity contribution in [2.75, 3.05) is 12.3 Å². The van der Waals surface area contributed by atoms with Gasteiger partial charge in [-0.2, -0.15) is 5.10 Å². The van der Waals surface area contributed by atoms with Crippen LogP contribution in [0.5, 0.6) is 0 Å². The molecule has 5 nitrogen and oxygen atoms in total. The molecular weight excluding hydrogens is 272 g/mol. The number of carbonyl (C=O) groups excluding carboxylic acids is 1. The lowest BCUT2D eigenvalue weighted by Gasteiger charge is -2.21. The van der Waals surface area contributed by atoms with Crippen LogP contribution in [-0.4, -0.2) is 22.6 Å². The molecule has 0 aliphatic heterocycles. The zero-order valence-electron chi connectivity index (χ0n) is 11.3. The van der Waals surface area contributed by atoms with Crippen molar-refractivity contribution in [3.63, 3.8) is 0 Å². The lowest BCUT2D eigenvalue weighted by Crippen LogP contribution is -2.30. The maximum absolute atomic E-state index is 12.2. The van der Waals surface area contributed by atoms with E-state index in [1.807, 2.05) is 0 Å².